The van der Waals surface area contributed by atoms with Gasteiger partial charge in [0.05, 0.1) is 5.92 Å². The number of anilines is 1. The van der Waals surface area contributed by atoms with E-state index in [0.29, 0.717) is 12.5 Å². The molecule has 1 heterocycles. The maximum Gasteiger partial charge on any atom is 0.308 e. The zero-order chi connectivity index (χ0) is 10.6. The quantitative estimate of drug-likeness (QED) is 0.747. The number of carboxylic acid groups (broad SMARTS) is 1. The van der Waals surface area contributed by atoms with E-state index in [4.69, 9.17) is 5.11 Å². The smallest absolute Gasteiger partial charge is 0.308 e. The number of rotatable bonds is 4. The van der Waals surface area contributed by atoms with E-state index in [9.17, 15) is 4.79 Å². The van der Waals surface area contributed by atoms with Crippen LogP contribution in [0.5, 0.6) is 0 Å². The fourth-order valence-electron chi connectivity index (χ4n) is 0.866. The molecular formula is C9H13N3O2. The molecule has 0 bridgehead atoms. The Morgan fingerprint density at radius 2 is 2.43 bits per heavy atom. The SMILES string of the molecule is Cc1ccnc(NCC(C)C(=O)O)n1. The fourth-order valence-corrected chi connectivity index (χ4v) is 0.866. The van der Waals surface area contributed by atoms with Gasteiger partial charge in [0.2, 0.25) is 5.95 Å². The van der Waals surface area contributed by atoms with Crippen LogP contribution in [0.4, 0.5) is 5.95 Å². The van der Waals surface area contributed by atoms with E-state index in [1.165, 1.54) is 0 Å². The molecule has 5 nitrogen and oxygen atoms in total. The van der Waals surface area contributed by atoms with E-state index in [1.807, 2.05) is 6.92 Å². The number of hydrogen-bond acceptors (Lipinski definition) is 4. The highest BCUT2D eigenvalue weighted by Gasteiger charge is 2.10. The Labute approximate surface area is 82.2 Å². The summed E-state index contributed by atoms with van der Waals surface area (Å²) in [5, 5.41) is 11.5. The van der Waals surface area contributed by atoms with Gasteiger partial charge < -0.3 is 10.4 Å². The van der Waals surface area contributed by atoms with Crippen molar-refractivity contribution >= 4 is 11.9 Å². The van der Waals surface area contributed by atoms with Gasteiger partial charge in [0.15, 0.2) is 0 Å². The lowest BCUT2D eigenvalue weighted by molar-refractivity contribution is -0.140. The summed E-state index contributed by atoms with van der Waals surface area (Å²) in [6.07, 6.45) is 1.64. The van der Waals surface area contributed by atoms with Gasteiger partial charge in [0.1, 0.15) is 0 Å². The fraction of sp³-hybridized carbons (Fsp3) is 0.444. The number of carboxylic acids is 1. The molecule has 0 saturated carbocycles. The lowest BCUT2D eigenvalue weighted by atomic mass is 10.2. The number of aromatic nitrogens is 2. The van der Waals surface area contributed by atoms with E-state index in [-0.39, 0.29) is 0 Å². The van der Waals surface area contributed by atoms with Gasteiger partial charge in [-0.25, -0.2) is 9.97 Å². The van der Waals surface area contributed by atoms with Crippen molar-refractivity contribution in [3.8, 4) is 0 Å². The molecule has 0 amide bonds. The molecular weight excluding hydrogens is 182 g/mol. The summed E-state index contributed by atoms with van der Waals surface area (Å²) >= 11 is 0. The van der Waals surface area contributed by atoms with Gasteiger partial charge >= 0.3 is 5.97 Å². The third kappa shape index (κ3) is 3.01. The van der Waals surface area contributed by atoms with Crippen molar-refractivity contribution in [2.24, 2.45) is 5.92 Å². The molecule has 0 aliphatic heterocycles. The Morgan fingerprint density at radius 3 is 3.00 bits per heavy atom. The van der Waals surface area contributed by atoms with Gasteiger partial charge in [-0.1, -0.05) is 6.92 Å². The van der Waals surface area contributed by atoms with E-state index in [0.717, 1.165) is 5.69 Å². The molecule has 0 radical (unpaired) electrons. The molecule has 0 aliphatic rings. The minimum absolute atomic E-state index is 0.332. The maximum atomic E-state index is 10.5. The molecule has 0 saturated heterocycles. The predicted octanol–water partition coefficient (Wildman–Crippen LogP) is 0.918. The molecule has 0 fully saturated rings. The monoisotopic (exact) mass is 195 g/mol. The summed E-state index contributed by atoms with van der Waals surface area (Å²) in [4.78, 5) is 18.6. The average molecular weight is 195 g/mol. The molecule has 1 aromatic rings. The third-order valence-electron chi connectivity index (χ3n) is 1.78. The lowest BCUT2D eigenvalue weighted by Gasteiger charge is -2.07. The molecule has 1 unspecified atom stereocenters. The Hall–Kier alpha value is -1.65. The first-order chi connectivity index (χ1) is 6.59. The van der Waals surface area contributed by atoms with Crippen molar-refractivity contribution in [1.29, 1.82) is 0 Å². The van der Waals surface area contributed by atoms with Crippen molar-refractivity contribution in [2.45, 2.75) is 13.8 Å². The van der Waals surface area contributed by atoms with Crippen LogP contribution in [0.2, 0.25) is 0 Å². The molecule has 14 heavy (non-hydrogen) atoms. The summed E-state index contributed by atoms with van der Waals surface area (Å²) in [6, 6.07) is 1.78. The molecule has 2 N–H and O–H groups in total. The summed E-state index contributed by atoms with van der Waals surface area (Å²) in [6.45, 7) is 3.82. The Balaban J connectivity index is 2.49. The standard InChI is InChI=1S/C9H13N3O2/c1-6(8(13)14)5-11-9-10-4-3-7(2)12-9/h3-4,6H,5H2,1-2H3,(H,13,14)(H,10,11,12). The minimum atomic E-state index is -0.829. The zero-order valence-corrected chi connectivity index (χ0v) is 8.19. The van der Waals surface area contributed by atoms with E-state index >= 15 is 0 Å². The number of aliphatic carboxylic acids is 1. The largest absolute Gasteiger partial charge is 0.481 e. The number of nitrogens with one attached hydrogen (secondary N) is 1. The second-order valence-electron chi connectivity index (χ2n) is 3.14. The first-order valence-electron chi connectivity index (χ1n) is 4.36. The van der Waals surface area contributed by atoms with Crippen LogP contribution >= 0.6 is 0 Å². The van der Waals surface area contributed by atoms with E-state index in [1.54, 1.807) is 19.2 Å². The van der Waals surface area contributed by atoms with Crippen LogP contribution in [0, 0.1) is 12.8 Å². The molecule has 1 atom stereocenters. The van der Waals surface area contributed by atoms with Crippen LogP contribution in [0.15, 0.2) is 12.3 Å². The van der Waals surface area contributed by atoms with Crippen LogP contribution in [-0.2, 0) is 4.79 Å². The number of hydrogen-bond donors (Lipinski definition) is 2. The molecule has 1 rings (SSSR count). The number of nitrogens with zero attached hydrogens (tertiary/aromatic N) is 2. The van der Waals surface area contributed by atoms with Crippen LogP contribution < -0.4 is 5.32 Å². The number of aryl methyl sites for hydroxylation is 1. The van der Waals surface area contributed by atoms with Crippen molar-refractivity contribution in [3.63, 3.8) is 0 Å². The summed E-state index contributed by atoms with van der Waals surface area (Å²) in [7, 11) is 0. The minimum Gasteiger partial charge on any atom is -0.481 e. The topological polar surface area (TPSA) is 75.1 Å². The van der Waals surface area contributed by atoms with Crippen LogP contribution in [0.25, 0.3) is 0 Å². The van der Waals surface area contributed by atoms with E-state index < -0.39 is 11.9 Å². The van der Waals surface area contributed by atoms with E-state index in [2.05, 4.69) is 15.3 Å². The summed E-state index contributed by atoms with van der Waals surface area (Å²) in [5.41, 5.74) is 0.852. The van der Waals surface area contributed by atoms with Crippen LogP contribution in [-0.4, -0.2) is 27.6 Å². The molecule has 0 aliphatic carbocycles. The Morgan fingerprint density at radius 1 is 1.71 bits per heavy atom. The highest BCUT2D eigenvalue weighted by atomic mass is 16.4. The molecule has 1 aromatic heterocycles. The highest BCUT2D eigenvalue weighted by Crippen LogP contribution is 2.01. The van der Waals surface area contributed by atoms with Crippen LogP contribution in [0.3, 0.4) is 0 Å². The molecule has 0 aromatic carbocycles. The maximum absolute atomic E-state index is 10.5. The van der Waals surface area contributed by atoms with Crippen molar-refractivity contribution in [1.82, 2.24) is 9.97 Å². The van der Waals surface area contributed by atoms with Crippen molar-refractivity contribution in [3.05, 3.63) is 18.0 Å². The van der Waals surface area contributed by atoms with Crippen LogP contribution in [0.1, 0.15) is 12.6 Å². The normalized spacial score (nSPS) is 12.1. The van der Waals surface area contributed by atoms with Gasteiger partial charge in [-0.2, -0.15) is 0 Å². The predicted molar refractivity (Wildman–Crippen MR) is 52.1 cm³/mol. The first kappa shape index (κ1) is 10.4. The van der Waals surface area contributed by atoms with Gasteiger partial charge in [-0.3, -0.25) is 4.79 Å². The van der Waals surface area contributed by atoms with Crippen molar-refractivity contribution in [2.75, 3.05) is 11.9 Å². The second-order valence-corrected chi connectivity index (χ2v) is 3.14. The lowest BCUT2D eigenvalue weighted by Crippen LogP contribution is -2.20. The van der Waals surface area contributed by atoms with Gasteiger partial charge in [0, 0.05) is 18.4 Å². The highest BCUT2D eigenvalue weighted by molar-refractivity contribution is 5.70. The molecule has 76 valence electrons. The summed E-state index contributed by atoms with van der Waals surface area (Å²) < 4.78 is 0. The van der Waals surface area contributed by atoms with Gasteiger partial charge in [0.25, 0.3) is 0 Å². The first-order valence-corrected chi connectivity index (χ1v) is 4.36. The van der Waals surface area contributed by atoms with Crippen molar-refractivity contribution < 1.29 is 9.90 Å². The summed E-state index contributed by atoms with van der Waals surface area (Å²) in [5.74, 6) is -0.803. The average Bonchev–Trinajstić information content (AvgIpc) is 2.14. The Kier molecular flexibility index (Phi) is 3.39. The molecule has 0 spiro atoms. The zero-order valence-electron chi connectivity index (χ0n) is 8.19. The van der Waals surface area contributed by atoms with Gasteiger partial charge in [-0.05, 0) is 13.0 Å². The second kappa shape index (κ2) is 4.55. The number of carbonyl (C=O) groups is 1. The Bertz CT molecular complexity index is 328. The van der Waals surface area contributed by atoms with Gasteiger partial charge in [-0.15, -0.1) is 0 Å². The third-order valence-corrected chi connectivity index (χ3v) is 1.78. The molecule has 5 heteroatoms.